The third-order valence-electron chi connectivity index (χ3n) is 4.80. The van der Waals surface area contributed by atoms with E-state index >= 15 is 0 Å². The first-order chi connectivity index (χ1) is 16.2. The minimum Gasteiger partial charge on any atom is -0.497 e. The number of aryl methyl sites for hydroxylation is 1. The molecular weight excluding hydrogens is 478 g/mol. The molecule has 0 spiro atoms. The first-order valence-electron chi connectivity index (χ1n) is 10.1. The minimum absolute atomic E-state index is 0.0261. The first-order valence-corrected chi connectivity index (χ1v) is 12.0. The lowest BCUT2D eigenvalue weighted by Crippen LogP contribution is -2.39. The number of sulfonamides is 1. The van der Waals surface area contributed by atoms with Crippen LogP contribution in [0.5, 0.6) is 11.5 Å². The van der Waals surface area contributed by atoms with Crippen LogP contribution >= 0.6 is 11.6 Å². The standard InChI is InChI=1S/C24H24ClN3O5S/c1-17-7-10-21(11-8-17)34(30,31)28(22-14-20(32-2)9-12-23(22)33-3)16-24(29)27-26-15-18-5-4-6-19(25)13-18/h4-15H,16H2,1-3H3,(H,27,29)/b26-15-. The van der Waals surface area contributed by atoms with Gasteiger partial charge in [0.1, 0.15) is 18.0 Å². The van der Waals surface area contributed by atoms with Crippen LogP contribution in [0, 0.1) is 6.92 Å². The molecule has 3 aromatic carbocycles. The molecule has 0 aromatic heterocycles. The fourth-order valence-corrected chi connectivity index (χ4v) is 4.68. The summed E-state index contributed by atoms with van der Waals surface area (Å²) in [5.74, 6) is 0.00449. The predicted molar refractivity (Wildman–Crippen MR) is 132 cm³/mol. The fraction of sp³-hybridized carbons (Fsp3) is 0.167. The molecule has 1 amide bonds. The highest BCUT2D eigenvalue weighted by Crippen LogP contribution is 2.35. The van der Waals surface area contributed by atoms with Crippen molar-refractivity contribution >= 4 is 39.4 Å². The van der Waals surface area contributed by atoms with E-state index in [-0.39, 0.29) is 16.3 Å². The number of anilines is 1. The lowest BCUT2D eigenvalue weighted by atomic mass is 10.2. The van der Waals surface area contributed by atoms with E-state index in [0.717, 1.165) is 9.87 Å². The fourth-order valence-electron chi connectivity index (χ4n) is 3.06. The quantitative estimate of drug-likeness (QED) is 0.353. The molecule has 0 saturated carbocycles. The second kappa shape index (κ2) is 11.0. The van der Waals surface area contributed by atoms with Gasteiger partial charge < -0.3 is 9.47 Å². The topological polar surface area (TPSA) is 97.3 Å². The van der Waals surface area contributed by atoms with Crippen molar-refractivity contribution in [1.29, 1.82) is 0 Å². The van der Waals surface area contributed by atoms with E-state index in [1.165, 1.54) is 38.6 Å². The first kappa shape index (κ1) is 25.1. The van der Waals surface area contributed by atoms with Gasteiger partial charge in [0.2, 0.25) is 0 Å². The normalized spacial score (nSPS) is 11.3. The highest BCUT2D eigenvalue weighted by atomic mass is 35.5. The Labute approximate surface area is 203 Å². The van der Waals surface area contributed by atoms with Gasteiger partial charge in [-0.2, -0.15) is 5.10 Å². The van der Waals surface area contributed by atoms with Crippen molar-refractivity contribution in [2.24, 2.45) is 5.10 Å². The minimum atomic E-state index is -4.14. The Morgan fingerprint density at radius 3 is 2.44 bits per heavy atom. The highest BCUT2D eigenvalue weighted by Gasteiger charge is 2.30. The number of carbonyl (C=O) groups is 1. The molecular formula is C24H24ClN3O5S. The Hall–Kier alpha value is -3.56. The number of hydrazone groups is 1. The summed E-state index contributed by atoms with van der Waals surface area (Å²) in [6, 6.07) is 17.9. The zero-order valence-corrected chi connectivity index (χ0v) is 20.4. The zero-order chi connectivity index (χ0) is 24.7. The van der Waals surface area contributed by atoms with Crippen LogP contribution in [0.3, 0.4) is 0 Å². The second-order valence-electron chi connectivity index (χ2n) is 7.21. The largest absolute Gasteiger partial charge is 0.497 e. The molecule has 0 heterocycles. The summed E-state index contributed by atoms with van der Waals surface area (Å²) in [6.07, 6.45) is 1.41. The van der Waals surface area contributed by atoms with Crippen molar-refractivity contribution in [3.63, 3.8) is 0 Å². The van der Waals surface area contributed by atoms with E-state index in [1.54, 1.807) is 48.5 Å². The summed E-state index contributed by atoms with van der Waals surface area (Å²) in [4.78, 5) is 12.8. The SMILES string of the molecule is COc1ccc(OC)c(N(CC(=O)N/N=C\c2cccc(Cl)c2)S(=O)(=O)c2ccc(C)cc2)c1. The van der Waals surface area contributed by atoms with Crippen LogP contribution in [0.4, 0.5) is 5.69 Å². The van der Waals surface area contributed by atoms with Gasteiger partial charge in [-0.15, -0.1) is 0 Å². The lowest BCUT2D eigenvalue weighted by Gasteiger charge is -2.25. The number of ether oxygens (including phenoxy) is 2. The molecule has 0 aliphatic carbocycles. The summed E-state index contributed by atoms with van der Waals surface area (Å²) >= 11 is 5.95. The number of rotatable bonds is 9. The highest BCUT2D eigenvalue weighted by molar-refractivity contribution is 7.92. The van der Waals surface area contributed by atoms with Crippen molar-refractivity contribution in [1.82, 2.24) is 5.43 Å². The van der Waals surface area contributed by atoms with Gasteiger partial charge in [-0.1, -0.05) is 41.4 Å². The third-order valence-corrected chi connectivity index (χ3v) is 6.81. The van der Waals surface area contributed by atoms with E-state index in [1.807, 2.05) is 6.92 Å². The Morgan fingerprint density at radius 1 is 1.06 bits per heavy atom. The van der Waals surface area contributed by atoms with Gasteiger partial charge in [0.25, 0.3) is 15.9 Å². The maximum Gasteiger partial charge on any atom is 0.264 e. The van der Waals surface area contributed by atoms with Crippen molar-refractivity contribution in [3.05, 3.63) is 82.9 Å². The van der Waals surface area contributed by atoms with Crippen LogP contribution in [0.25, 0.3) is 0 Å². The molecule has 34 heavy (non-hydrogen) atoms. The van der Waals surface area contributed by atoms with Crippen LogP contribution in [0.2, 0.25) is 5.02 Å². The van der Waals surface area contributed by atoms with Crippen molar-refractivity contribution in [2.75, 3.05) is 25.1 Å². The Morgan fingerprint density at radius 2 is 1.79 bits per heavy atom. The van der Waals surface area contributed by atoms with Crippen LogP contribution in [-0.2, 0) is 14.8 Å². The lowest BCUT2D eigenvalue weighted by molar-refractivity contribution is -0.119. The number of carbonyl (C=O) groups excluding carboxylic acids is 1. The monoisotopic (exact) mass is 501 g/mol. The Kier molecular flexibility index (Phi) is 8.14. The number of amides is 1. The van der Waals surface area contributed by atoms with Gasteiger partial charge in [0.05, 0.1) is 31.0 Å². The van der Waals surface area contributed by atoms with E-state index in [4.69, 9.17) is 21.1 Å². The van der Waals surface area contributed by atoms with Gasteiger partial charge in [0, 0.05) is 11.1 Å². The molecule has 0 unspecified atom stereocenters. The van der Waals surface area contributed by atoms with Crippen molar-refractivity contribution < 1.29 is 22.7 Å². The van der Waals surface area contributed by atoms with E-state index in [0.29, 0.717) is 16.3 Å². The molecule has 178 valence electrons. The van der Waals surface area contributed by atoms with E-state index in [9.17, 15) is 13.2 Å². The molecule has 0 saturated heterocycles. The van der Waals surface area contributed by atoms with E-state index in [2.05, 4.69) is 10.5 Å². The predicted octanol–water partition coefficient (Wildman–Crippen LogP) is 4.01. The molecule has 8 nitrogen and oxygen atoms in total. The van der Waals surface area contributed by atoms with Crippen molar-refractivity contribution in [2.45, 2.75) is 11.8 Å². The maximum atomic E-state index is 13.6. The molecule has 0 aliphatic rings. The number of methoxy groups -OCH3 is 2. The van der Waals surface area contributed by atoms with Gasteiger partial charge in [-0.25, -0.2) is 13.8 Å². The maximum absolute atomic E-state index is 13.6. The second-order valence-corrected chi connectivity index (χ2v) is 9.51. The summed E-state index contributed by atoms with van der Waals surface area (Å²) < 4.78 is 38.7. The van der Waals surface area contributed by atoms with Crippen LogP contribution in [-0.4, -0.2) is 41.3 Å². The van der Waals surface area contributed by atoms with Crippen LogP contribution < -0.4 is 19.2 Å². The molecule has 0 atom stereocenters. The van der Waals surface area contributed by atoms with Crippen LogP contribution in [0.1, 0.15) is 11.1 Å². The summed E-state index contributed by atoms with van der Waals surface area (Å²) in [6.45, 7) is 1.30. The third kappa shape index (κ3) is 6.06. The average molecular weight is 502 g/mol. The Balaban J connectivity index is 1.95. The number of hydrogen-bond donors (Lipinski definition) is 1. The smallest absolute Gasteiger partial charge is 0.264 e. The van der Waals surface area contributed by atoms with Gasteiger partial charge in [0.15, 0.2) is 0 Å². The van der Waals surface area contributed by atoms with E-state index < -0.39 is 22.5 Å². The van der Waals surface area contributed by atoms with Crippen LogP contribution in [0.15, 0.2) is 76.7 Å². The number of benzene rings is 3. The van der Waals surface area contributed by atoms with Gasteiger partial charge in [-0.05, 0) is 48.9 Å². The molecule has 0 radical (unpaired) electrons. The molecule has 0 fully saturated rings. The number of nitrogens with zero attached hydrogens (tertiary/aromatic N) is 2. The molecule has 0 aliphatic heterocycles. The summed E-state index contributed by atoms with van der Waals surface area (Å²) in [5.41, 5.74) is 4.08. The Bertz CT molecular complexity index is 1290. The van der Waals surface area contributed by atoms with Crippen molar-refractivity contribution in [3.8, 4) is 11.5 Å². The average Bonchev–Trinajstić information content (AvgIpc) is 2.82. The number of nitrogens with one attached hydrogen (secondary N) is 1. The summed E-state index contributed by atoms with van der Waals surface area (Å²) in [5, 5.41) is 4.44. The summed E-state index contributed by atoms with van der Waals surface area (Å²) in [7, 11) is -1.26. The van der Waals surface area contributed by atoms with Gasteiger partial charge in [-0.3, -0.25) is 9.10 Å². The number of halogens is 1. The molecule has 3 rings (SSSR count). The van der Waals surface area contributed by atoms with Gasteiger partial charge >= 0.3 is 0 Å². The molecule has 1 N–H and O–H groups in total. The molecule has 10 heteroatoms. The molecule has 3 aromatic rings. The molecule has 0 bridgehead atoms. The zero-order valence-electron chi connectivity index (χ0n) is 18.9. The number of hydrogen-bond acceptors (Lipinski definition) is 6.